The standard InChI is InChI=1S/C26H26BrF4N9O2/c1-25(2,13-40-19(18-11-32-37-35-18)9-21(36-40)26(29,30)31)34-23(41)20(8-14-10-33-38(3)12-14)39-7-6-15-16(27)4-5-17(28)22(15)24(39)42/h4-5,9-12,20H,6-8,13H2,1-3H3,(H,34,41)(H,32,35,37)/t20-/m1/s1. The summed E-state index contributed by atoms with van der Waals surface area (Å²) in [6.45, 7) is 3.22. The number of nitrogens with one attached hydrogen (secondary N) is 2. The van der Waals surface area contributed by atoms with Gasteiger partial charge in [-0.25, -0.2) is 4.39 Å². The van der Waals surface area contributed by atoms with Gasteiger partial charge in [0.2, 0.25) is 5.91 Å². The Morgan fingerprint density at radius 1 is 1.24 bits per heavy atom. The smallest absolute Gasteiger partial charge is 0.348 e. The summed E-state index contributed by atoms with van der Waals surface area (Å²) in [6.07, 6.45) is 0.224. The van der Waals surface area contributed by atoms with Crippen LogP contribution in [0.15, 0.2) is 41.3 Å². The van der Waals surface area contributed by atoms with Gasteiger partial charge >= 0.3 is 6.18 Å². The van der Waals surface area contributed by atoms with Crippen LogP contribution < -0.4 is 5.32 Å². The van der Waals surface area contributed by atoms with Gasteiger partial charge in [-0.1, -0.05) is 15.9 Å². The van der Waals surface area contributed by atoms with Gasteiger partial charge in [-0.3, -0.25) is 19.0 Å². The van der Waals surface area contributed by atoms with E-state index < -0.39 is 41.1 Å². The number of amides is 2. The van der Waals surface area contributed by atoms with E-state index in [0.29, 0.717) is 22.0 Å². The molecule has 0 aliphatic carbocycles. The number of carbonyl (C=O) groups excluding carboxylic acids is 2. The van der Waals surface area contributed by atoms with Crippen LogP contribution in [-0.2, 0) is 37.4 Å². The zero-order valence-corrected chi connectivity index (χ0v) is 24.3. The summed E-state index contributed by atoms with van der Waals surface area (Å²) in [5, 5.41) is 20.6. The van der Waals surface area contributed by atoms with Gasteiger partial charge in [-0.15, -0.1) is 0 Å². The number of halogens is 5. The number of alkyl halides is 3. The summed E-state index contributed by atoms with van der Waals surface area (Å²) in [5.74, 6) is -1.89. The van der Waals surface area contributed by atoms with Gasteiger partial charge in [0.05, 0.1) is 35.7 Å². The molecule has 1 aliphatic rings. The molecule has 5 rings (SSSR count). The van der Waals surface area contributed by atoms with E-state index in [2.05, 4.69) is 46.9 Å². The molecular formula is C26H26BrF4N9O2. The lowest BCUT2D eigenvalue weighted by molar-refractivity contribution is -0.141. The molecule has 4 aromatic rings. The maximum atomic E-state index is 14.8. The SMILES string of the molecule is Cn1cc(C[C@H](C(=O)NC(C)(C)Cn2nc(C(F)(F)F)cc2-c2cn[nH]n2)N2CCc3c(Br)ccc(F)c3C2=O)cn1. The molecule has 0 bridgehead atoms. The van der Waals surface area contributed by atoms with Gasteiger partial charge < -0.3 is 10.2 Å². The summed E-state index contributed by atoms with van der Waals surface area (Å²) in [7, 11) is 1.71. The van der Waals surface area contributed by atoms with Gasteiger partial charge in [0, 0.05) is 30.7 Å². The average Bonchev–Trinajstić information content (AvgIpc) is 3.65. The zero-order chi connectivity index (χ0) is 30.4. The first-order valence-corrected chi connectivity index (χ1v) is 13.6. The second-order valence-corrected chi connectivity index (χ2v) is 11.5. The van der Waals surface area contributed by atoms with Crippen molar-refractivity contribution in [2.24, 2.45) is 7.05 Å². The van der Waals surface area contributed by atoms with Crippen LogP contribution in [0.25, 0.3) is 11.4 Å². The number of nitrogens with zero attached hydrogens (tertiary/aromatic N) is 7. The highest BCUT2D eigenvalue weighted by Gasteiger charge is 2.39. The van der Waals surface area contributed by atoms with E-state index >= 15 is 0 Å². The minimum atomic E-state index is -4.71. The third kappa shape index (κ3) is 5.93. The summed E-state index contributed by atoms with van der Waals surface area (Å²) in [5.41, 5.74) is -0.997. The van der Waals surface area contributed by atoms with Crippen molar-refractivity contribution in [3.63, 3.8) is 0 Å². The van der Waals surface area contributed by atoms with Crippen molar-refractivity contribution in [1.29, 1.82) is 0 Å². The molecular weight excluding hydrogens is 626 g/mol. The molecule has 0 saturated heterocycles. The van der Waals surface area contributed by atoms with E-state index in [1.165, 1.54) is 23.2 Å². The summed E-state index contributed by atoms with van der Waals surface area (Å²) in [6, 6.07) is 2.52. The van der Waals surface area contributed by atoms with Crippen LogP contribution in [0.2, 0.25) is 0 Å². The van der Waals surface area contributed by atoms with Crippen LogP contribution in [0.3, 0.4) is 0 Å². The van der Waals surface area contributed by atoms with Crippen LogP contribution in [0.4, 0.5) is 17.6 Å². The number of rotatable bonds is 8. The maximum Gasteiger partial charge on any atom is 0.435 e. The van der Waals surface area contributed by atoms with Crippen molar-refractivity contribution in [3.8, 4) is 11.4 Å². The summed E-state index contributed by atoms with van der Waals surface area (Å²) in [4.78, 5) is 28.8. The number of carbonyl (C=O) groups is 2. The molecule has 0 radical (unpaired) electrons. The zero-order valence-electron chi connectivity index (χ0n) is 22.7. The van der Waals surface area contributed by atoms with Crippen LogP contribution in [-0.4, -0.2) is 69.8 Å². The fourth-order valence-corrected chi connectivity index (χ4v) is 5.56. The lowest BCUT2D eigenvalue weighted by Gasteiger charge is -2.37. The molecule has 0 saturated carbocycles. The Kier molecular flexibility index (Phi) is 7.68. The van der Waals surface area contributed by atoms with Crippen LogP contribution >= 0.6 is 15.9 Å². The number of aromatic amines is 1. The normalized spacial score (nSPS) is 14.7. The molecule has 0 fully saturated rings. The van der Waals surface area contributed by atoms with E-state index in [1.54, 1.807) is 38.0 Å². The fraction of sp³-hybridized carbons (Fsp3) is 0.385. The second-order valence-electron chi connectivity index (χ2n) is 10.7. The van der Waals surface area contributed by atoms with Crippen LogP contribution in [0.5, 0.6) is 0 Å². The molecule has 4 heterocycles. The monoisotopic (exact) mass is 651 g/mol. The molecule has 0 spiro atoms. The van der Waals surface area contributed by atoms with Gasteiger partial charge in [-0.2, -0.15) is 38.8 Å². The molecule has 1 atom stereocenters. The third-order valence-electron chi connectivity index (χ3n) is 6.90. The van der Waals surface area contributed by atoms with Gasteiger partial charge in [0.25, 0.3) is 5.91 Å². The van der Waals surface area contributed by atoms with Crippen LogP contribution in [0, 0.1) is 5.82 Å². The van der Waals surface area contributed by atoms with Crippen molar-refractivity contribution in [2.45, 2.75) is 51.0 Å². The number of H-pyrrole nitrogens is 1. The van der Waals surface area contributed by atoms with Crippen molar-refractivity contribution in [3.05, 3.63) is 69.5 Å². The highest BCUT2D eigenvalue weighted by molar-refractivity contribution is 9.10. The molecule has 222 valence electrons. The molecule has 2 N–H and O–H groups in total. The Balaban J connectivity index is 1.44. The Morgan fingerprint density at radius 2 is 2.00 bits per heavy atom. The Morgan fingerprint density at radius 3 is 2.64 bits per heavy atom. The molecule has 2 amide bonds. The Hall–Kier alpha value is -4.08. The molecule has 1 aromatic carbocycles. The fourth-order valence-electron chi connectivity index (χ4n) is 5.03. The highest BCUT2D eigenvalue weighted by atomic mass is 79.9. The molecule has 11 nitrogen and oxygen atoms in total. The second kappa shape index (κ2) is 11.0. The van der Waals surface area contributed by atoms with E-state index in [4.69, 9.17) is 0 Å². The van der Waals surface area contributed by atoms with Crippen LogP contribution in [0.1, 0.15) is 41.0 Å². The summed E-state index contributed by atoms with van der Waals surface area (Å²) >= 11 is 3.37. The Labute approximate surface area is 245 Å². The predicted octanol–water partition coefficient (Wildman–Crippen LogP) is 3.53. The van der Waals surface area contributed by atoms with E-state index in [1.807, 2.05) is 0 Å². The predicted molar refractivity (Wildman–Crippen MR) is 144 cm³/mol. The van der Waals surface area contributed by atoms with E-state index in [-0.39, 0.29) is 36.5 Å². The minimum Gasteiger partial charge on any atom is -0.348 e. The number of hydrogen-bond donors (Lipinski definition) is 2. The Bertz CT molecular complexity index is 1630. The first-order chi connectivity index (χ1) is 19.7. The molecule has 0 unspecified atom stereocenters. The van der Waals surface area contributed by atoms with Gasteiger partial charge in [0.15, 0.2) is 5.69 Å². The molecule has 42 heavy (non-hydrogen) atoms. The topological polar surface area (TPSA) is 127 Å². The quantitative estimate of drug-likeness (QED) is 0.281. The summed E-state index contributed by atoms with van der Waals surface area (Å²) < 4.78 is 58.7. The van der Waals surface area contributed by atoms with Gasteiger partial charge in [-0.05, 0) is 49.6 Å². The van der Waals surface area contributed by atoms with Crippen molar-refractivity contribution in [2.75, 3.05) is 6.54 Å². The first-order valence-electron chi connectivity index (χ1n) is 12.8. The molecule has 1 aliphatic heterocycles. The highest BCUT2D eigenvalue weighted by Crippen LogP contribution is 2.32. The van der Waals surface area contributed by atoms with E-state index in [9.17, 15) is 27.2 Å². The average molecular weight is 652 g/mol. The number of aryl methyl sites for hydroxylation is 1. The lowest BCUT2D eigenvalue weighted by Crippen LogP contribution is -2.58. The molecule has 16 heteroatoms. The third-order valence-corrected chi connectivity index (χ3v) is 7.65. The number of benzene rings is 1. The van der Waals surface area contributed by atoms with Crippen molar-refractivity contribution in [1.82, 2.24) is 45.2 Å². The molecule has 3 aromatic heterocycles. The van der Waals surface area contributed by atoms with E-state index in [0.717, 1.165) is 10.7 Å². The number of aromatic nitrogens is 7. The lowest BCUT2D eigenvalue weighted by atomic mass is 9.95. The van der Waals surface area contributed by atoms with Crippen molar-refractivity contribution >= 4 is 27.7 Å². The first kappa shape index (κ1) is 29.4. The number of fused-ring (bicyclic) bond motifs is 1. The van der Waals surface area contributed by atoms with Gasteiger partial charge in [0.1, 0.15) is 17.6 Å². The largest absolute Gasteiger partial charge is 0.435 e. The number of hydrogen-bond acceptors (Lipinski definition) is 6. The minimum absolute atomic E-state index is 0.0502. The van der Waals surface area contributed by atoms with Crippen molar-refractivity contribution < 1.29 is 27.2 Å². The maximum absolute atomic E-state index is 14.8.